The smallest absolute Gasteiger partial charge is 0.223 e. The van der Waals surface area contributed by atoms with Crippen molar-refractivity contribution >= 4 is 29.2 Å². The maximum Gasteiger partial charge on any atom is 0.223 e. The Morgan fingerprint density at radius 1 is 1.11 bits per heavy atom. The quantitative estimate of drug-likeness (QED) is 0.442. The number of fused-ring (bicyclic) bond motifs is 1. The monoisotopic (exact) mass is 522 g/mol. The van der Waals surface area contributed by atoms with Crippen LogP contribution >= 0.6 is 11.6 Å². The average molecular weight is 523 g/mol. The highest BCUT2D eigenvalue weighted by Gasteiger charge is 2.34. The summed E-state index contributed by atoms with van der Waals surface area (Å²) in [4.78, 5) is 25.2. The number of piperazine rings is 1. The Bertz CT molecular complexity index is 1230. The number of nitrogen functional groups attached to an aromatic ring is 1. The largest absolute Gasteiger partial charge is 0.496 e. The highest BCUT2D eigenvalue weighted by atomic mass is 35.5. The number of nitrogens with two attached hydrogens (primary N) is 1. The highest BCUT2D eigenvalue weighted by Crippen LogP contribution is 2.42. The third kappa shape index (κ3) is 5.43. The van der Waals surface area contributed by atoms with Crippen LogP contribution in [0.2, 0.25) is 5.15 Å². The van der Waals surface area contributed by atoms with Gasteiger partial charge in [-0.2, -0.15) is 4.98 Å². The number of aromatic nitrogens is 4. The van der Waals surface area contributed by atoms with Gasteiger partial charge in [0.1, 0.15) is 22.5 Å². The van der Waals surface area contributed by atoms with Gasteiger partial charge in [-0.1, -0.05) is 17.7 Å². The normalized spacial score (nSPS) is 17.8. The van der Waals surface area contributed by atoms with Gasteiger partial charge in [0.15, 0.2) is 0 Å². The molecule has 0 aromatic carbocycles. The van der Waals surface area contributed by atoms with E-state index in [9.17, 15) is 0 Å². The summed E-state index contributed by atoms with van der Waals surface area (Å²) in [6.45, 7) is 10.7. The first kappa shape index (κ1) is 25.5. The molecule has 0 bridgehead atoms. The molecule has 0 amide bonds. The van der Waals surface area contributed by atoms with Crippen LogP contribution < -0.4 is 20.3 Å². The number of methoxy groups -OCH3 is 1. The summed E-state index contributed by atoms with van der Waals surface area (Å²) in [7, 11) is 1.70. The van der Waals surface area contributed by atoms with E-state index in [-0.39, 0.29) is 11.9 Å². The first-order valence-corrected chi connectivity index (χ1v) is 13.3. The number of halogens is 1. The van der Waals surface area contributed by atoms with Crippen LogP contribution in [0.5, 0.6) is 5.75 Å². The minimum Gasteiger partial charge on any atom is -0.496 e. The molecular formula is C27H35ClN8O. The summed E-state index contributed by atoms with van der Waals surface area (Å²) < 4.78 is 5.62. The molecular weight excluding hydrogens is 488 g/mol. The minimum absolute atomic E-state index is 0.200. The molecule has 1 unspecified atom stereocenters. The summed E-state index contributed by atoms with van der Waals surface area (Å²) in [6, 6.07) is 6.09. The number of rotatable bonds is 8. The van der Waals surface area contributed by atoms with Gasteiger partial charge in [-0.25, -0.2) is 9.97 Å². The Labute approximate surface area is 223 Å². The van der Waals surface area contributed by atoms with Crippen LogP contribution in [-0.4, -0.2) is 71.2 Å². The molecule has 10 heteroatoms. The second-order valence-electron chi connectivity index (χ2n) is 9.89. The zero-order chi connectivity index (χ0) is 25.9. The molecule has 5 rings (SSSR count). The van der Waals surface area contributed by atoms with Crippen molar-refractivity contribution in [1.82, 2.24) is 24.8 Å². The molecule has 37 heavy (non-hydrogen) atoms. The number of ether oxygens (including phenoxy) is 1. The van der Waals surface area contributed by atoms with Crippen LogP contribution in [0.4, 0.5) is 17.6 Å². The summed E-state index contributed by atoms with van der Waals surface area (Å²) >= 11 is 6.62. The maximum atomic E-state index is 6.62. The number of nitrogens with zero attached hydrogens (tertiary/aromatic N) is 7. The van der Waals surface area contributed by atoms with Crippen LogP contribution in [-0.2, 0) is 6.54 Å². The Hall–Kier alpha value is -3.17. The maximum absolute atomic E-state index is 6.62. The molecule has 0 spiro atoms. The predicted octanol–water partition coefficient (Wildman–Crippen LogP) is 3.83. The van der Waals surface area contributed by atoms with Gasteiger partial charge in [-0.3, -0.25) is 9.88 Å². The molecule has 9 nitrogen and oxygen atoms in total. The summed E-state index contributed by atoms with van der Waals surface area (Å²) in [6.07, 6.45) is 5.82. The number of aryl methyl sites for hydroxylation is 1. The Balaban J connectivity index is 1.23. The molecule has 0 saturated carbocycles. The molecule has 2 N–H and O–H groups in total. The highest BCUT2D eigenvalue weighted by molar-refractivity contribution is 6.30. The van der Waals surface area contributed by atoms with Crippen LogP contribution in [0.3, 0.4) is 0 Å². The van der Waals surface area contributed by atoms with Crippen LogP contribution in [0.25, 0.3) is 0 Å². The fourth-order valence-electron chi connectivity index (χ4n) is 5.57. The van der Waals surface area contributed by atoms with E-state index in [1.165, 1.54) is 0 Å². The van der Waals surface area contributed by atoms with Crippen LogP contribution in [0.1, 0.15) is 41.1 Å². The van der Waals surface area contributed by atoms with Gasteiger partial charge in [0, 0.05) is 67.7 Å². The van der Waals surface area contributed by atoms with E-state index >= 15 is 0 Å². The zero-order valence-electron chi connectivity index (χ0n) is 21.8. The lowest BCUT2D eigenvalue weighted by Gasteiger charge is -2.35. The van der Waals surface area contributed by atoms with E-state index in [2.05, 4.69) is 42.6 Å². The number of hydrogen-bond donors (Lipinski definition) is 1. The lowest BCUT2D eigenvalue weighted by atomic mass is 9.98. The summed E-state index contributed by atoms with van der Waals surface area (Å²) in [5, 5.41) is 0.463. The van der Waals surface area contributed by atoms with Crippen LogP contribution in [0.15, 0.2) is 30.6 Å². The van der Waals surface area contributed by atoms with E-state index < -0.39 is 0 Å². The van der Waals surface area contributed by atoms with Gasteiger partial charge in [-0.15, -0.1) is 0 Å². The van der Waals surface area contributed by atoms with Gasteiger partial charge in [0.05, 0.1) is 19.3 Å². The lowest BCUT2D eigenvalue weighted by Crippen LogP contribution is -2.46. The molecule has 3 aromatic heterocycles. The van der Waals surface area contributed by atoms with Crippen molar-refractivity contribution in [2.75, 3.05) is 61.9 Å². The van der Waals surface area contributed by atoms with E-state index in [1.54, 1.807) is 7.11 Å². The molecule has 2 aliphatic rings. The van der Waals surface area contributed by atoms with Crippen molar-refractivity contribution in [2.45, 2.75) is 39.2 Å². The average Bonchev–Trinajstić information content (AvgIpc) is 3.24. The molecule has 1 fully saturated rings. The molecule has 196 valence electrons. The van der Waals surface area contributed by atoms with Crippen molar-refractivity contribution < 1.29 is 4.74 Å². The van der Waals surface area contributed by atoms with Gasteiger partial charge in [-0.05, 0) is 45.4 Å². The van der Waals surface area contributed by atoms with E-state index in [1.807, 2.05) is 31.5 Å². The van der Waals surface area contributed by atoms with E-state index in [0.717, 1.165) is 91.9 Å². The molecule has 3 aromatic rings. The van der Waals surface area contributed by atoms with Crippen molar-refractivity contribution in [1.29, 1.82) is 0 Å². The third-order valence-corrected chi connectivity index (χ3v) is 7.80. The number of pyridine rings is 2. The fourth-order valence-corrected chi connectivity index (χ4v) is 5.90. The summed E-state index contributed by atoms with van der Waals surface area (Å²) in [5.74, 6) is 3.23. The van der Waals surface area contributed by atoms with Gasteiger partial charge in [0.2, 0.25) is 5.95 Å². The SMILES string of the molecule is COc1c(C)cnc(CN2CC(CCCN3CCN(c4ccccn4)CC3)c3c(Cl)nc(N)nc32)c1C. The predicted molar refractivity (Wildman–Crippen MR) is 148 cm³/mol. The van der Waals surface area contributed by atoms with E-state index in [0.29, 0.717) is 11.7 Å². The van der Waals surface area contributed by atoms with Crippen molar-refractivity contribution in [3.63, 3.8) is 0 Å². The molecule has 1 atom stereocenters. The standard InChI is InChI=1S/C27H35ClN8O/c1-18-15-31-21(19(2)24(18)37-3)17-36-16-20(23-25(28)32-27(29)33-26(23)36)7-6-10-34-11-13-35(14-12-34)22-8-4-5-9-30-22/h4-5,8-9,15,20H,6-7,10-14,16-17H2,1-3H3,(H2,29,32,33). The molecule has 2 aliphatic heterocycles. The molecule has 1 saturated heterocycles. The van der Waals surface area contributed by atoms with Gasteiger partial charge >= 0.3 is 0 Å². The fraction of sp³-hybridized carbons (Fsp3) is 0.481. The van der Waals surface area contributed by atoms with Crippen molar-refractivity contribution in [3.8, 4) is 5.75 Å². The van der Waals surface area contributed by atoms with Gasteiger partial charge in [0.25, 0.3) is 0 Å². The number of hydrogen-bond acceptors (Lipinski definition) is 9. The Morgan fingerprint density at radius 3 is 2.65 bits per heavy atom. The topological polar surface area (TPSA) is 96.5 Å². The lowest BCUT2D eigenvalue weighted by molar-refractivity contribution is 0.250. The van der Waals surface area contributed by atoms with Crippen molar-refractivity contribution in [3.05, 3.63) is 58.1 Å². The molecule has 0 radical (unpaired) electrons. The second kappa shape index (κ2) is 11.1. The number of anilines is 3. The molecule has 5 heterocycles. The first-order chi connectivity index (χ1) is 17.9. The third-order valence-electron chi connectivity index (χ3n) is 7.51. The van der Waals surface area contributed by atoms with Gasteiger partial charge < -0.3 is 20.3 Å². The zero-order valence-corrected chi connectivity index (χ0v) is 22.6. The summed E-state index contributed by atoms with van der Waals surface area (Å²) in [5.41, 5.74) is 10.0. The van der Waals surface area contributed by atoms with Crippen LogP contribution in [0, 0.1) is 13.8 Å². The van der Waals surface area contributed by atoms with Crippen molar-refractivity contribution in [2.24, 2.45) is 0 Å². The first-order valence-electron chi connectivity index (χ1n) is 12.9. The second-order valence-corrected chi connectivity index (χ2v) is 10.3. The Morgan fingerprint density at radius 2 is 1.92 bits per heavy atom. The molecule has 0 aliphatic carbocycles. The minimum atomic E-state index is 0.200. The Kier molecular flexibility index (Phi) is 7.62. The van der Waals surface area contributed by atoms with E-state index in [4.69, 9.17) is 27.1 Å².